The molecule has 0 atom stereocenters. The highest BCUT2D eigenvalue weighted by Crippen LogP contribution is 2.37. The topological polar surface area (TPSA) is 101 Å². The lowest BCUT2D eigenvalue weighted by Gasteiger charge is -2.30. The van der Waals surface area contributed by atoms with E-state index in [0.717, 1.165) is 37.7 Å². The molecule has 0 spiro atoms. The number of aromatic amines is 1. The van der Waals surface area contributed by atoms with Gasteiger partial charge in [0, 0.05) is 30.4 Å². The molecule has 3 heterocycles. The molecule has 2 N–H and O–H groups in total. The SMILES string of the molecule is COc1cc2c(Oc3ccc(CC(=O)N/N=C/c4ccc[nH]4)cc3F)ccnc2cc1OCCCN1CCC(C)CC1. The molecule has 1 aliphatic heterocycles. The molecule has 0 radical (unpaired) electrons. The number of H-pyrrole nitrogens is 1. The first-order chi connectivity index (χ1) is 20.5. The Bertz CT molecular complexity index is 1520. The van der Waals surface area contributed by atoms with Crippen molar-refractivity contribution in [3.8, 4) is 23.0 Å². The summed E-state index contributed by atoms with van der Waals surface area (Å²) in [6.45, 7) is 6.19. The molecule has 0 saturated carbocycles. The van der Waals surface area contributed by atoms with Crippen LogP contribution in [0.5, 0.6) is 23.0 Å². The van der Waals surface area contributed by atoms with E-state index in [1.165, 1.54) is 31.2 Å². The van der Waals surface area contributed by atoms with Crippen molar-refractivity contribution in [2.45, 2.75) is 32.6 Å². The van der Waals surface area contributed by atoms with Gasteiger partial charge in [0.05, 0.1) is 37.6 Å². The van der Waals surface area contributed by atoms with Crippen LogP contribution in [0, 0.1) is 11.7 Å². The van der Waals surface area contributed by atoms with Crippen molar-refractivity contribution in [1.82, 2.24) is 20.3 Å². The van der Waals surface area contributed by atoms with Crippen LogP contribution < -0.4 is 19.6 Å². The number of likely N-dealkylation sites (tertiary alicyclic amines) is 1. The Balaban J connectivity index is 1.21. The van der Waals surface area contributed by atoms with E-state index < -0.39 is 5.82 Å². The third kappa shape index (κ3) is 7.64. The second kappa shape index (κ2) is 14.0. The van der Waals surface area contributed by atoms with Crippen molar-refractivity contribution in [3.63, 3.8) is 0 Å². The molecule has 0 bridgehead atoms. The van der Waals surface area contributed by atoms with Crippen molar-refractivity contribution in [3.05, 3.63) is 78.0 Å². The highest BCUT2D eigenvalue weighted by atomic mass is 19.1. The van der Waals surface area contributed by atoms with Gasteiger partial charge in [0.15, 0.2) is 23.1 Å². The number of ether oxygens (including phenoxy) is 3. The van der Waals surface area contributed by atoms with Crippen LogP contribution in [-0.2, 0) is 11.2 Å². The Labute approximate surface area is 244 Å². The molecule has 5 rings (SSSR count). The number of carbonyl (C=O) groups is 1. The van der Waals surface area contributed by atoms with Gasteiger partial charge in [-0.15, -0.1) is 0 Å². The van der Waals surface area contributed by atoms with Gasteiger partial charge in [-0.1, -0.05) is 13.0 Å². The Hall–Kier alpha value is -4.44. The molecule has 4 aromatic rings. The Kier molecular flexibility index (Phi) is 9.66. The number of amides is 1. The number of fused-ring (bicyclic) bond motifs is 1. The number of methoxy groups -OCH3 is 1. The lowest BCUT2D eigenvalue weighted by atomic mass is 9.99. The van der Waals surface area contributed by atoms with Gasteiger partial charge in [0.2, 0.25) is 5.91 Å². The molecule has 2 aromatic heterocycles. The van der Waals surface area contributed by atoms with Gasteiger partial charge < -0.3 is 24.1 Å². The zero-order chi connectivity index (χ0) is 29.3. The van der Waals surface area contributed by atoms with Crippen LogP contribution in [0.2, 0.25) is 0 Å². The molecule has 220 valence electrons. The number of pyridine rings is 1. The van der Waals surface area contributed by atoms with Crippen molar-refractivity contribution in [1.29, 1.82) is 0 Å². The molecule has 0 unspecified atom stereocenters. The van der Waals surface area contributed by atoms with Crippen LogP contribution in [0.1, 0.15) is 37.4 Å². The first-order valence-electron chi connectivity index (χ1n) is 14.2. The Morgan fingerprint density at radius 2 is 2.00 bits per heavy atom. The van der Waals surface area contributed by atoms with E-state index >= 15 is 4.39 Å². The minimum atomic E-state index is -0.588. The summed E-state index contributed by atoms with van der Waals surface area (Å²) in [6, 6.07) is 13.4. The van der Waals surface area contributed by atoms with Crippen molar-refractivity contribution < 1.29 is 23.4 Å². The maximum absolute atomic E-state index is 15.0. The van der Waals surface area contributed by atoms with Crippen LogP contribution in [0.3, 0.4) is 0 Å². The lowest BCUT2D eigenvalue weighted by molar-refractivity contribution is -0.120. The number of aromatic nitrogens is 2. The Morgan fingerprint density at radius 1 is 1.14 bits per heavy atom. The van der Waals surface area contributed by atoms with Gasteiger partial charge >= 0.3 is 0 Å². The first-order valence-corrected chi connectivity index (χ1v) is 14.2. The highest BCUT2D eigenvalue weighted by Gasteiger charge is 2.17. The average Bonchev–Trinajstić information content (AvgIpc) is 3.51. The third-order valence-corrected chi connectivity index (χ3v) is 7.34. The van der Waals surface area contributed by atoms with E-state index in [1.807, 2.05) is 18.2 Å². The van der Waals surface area contributed by atoms with E-state index in [0.29, 0.717) is 40.3 Å². The zero-order valence-electron chi connectivity index (χ0n) is 23.9. The maximum Gasteiger partial charge on any atom is 0.244 e. The minimum absolute atomic E-state index is 0.0304. The molecule has 1 aliphatic rings. The van der Waals surface area contributed by atoms with Gasteiger partial charge in [-0.2, -0.15) is 5.10 Å². The summed E-state index contributed by atoms with van der Waals surface area (Å²) >= 11 is 0. The maximum atomic E-state index is 15.0. The fourth-order valence-corrected chi connectivity index (χ4v) is 4.92. The van der Waals surface area contributed by atoms with E-state index in [4.69, 9.17) is 14.2 Å². The quantitative estimate of drug-likeness (QED) is 0.128. The summed E-state index contributed by atoms with van der Waals surface area (Å²) < 4.78 is 32.6. The van der Waals surface area contributed by atoms with E-state index in [1.54, 1.807) is 37.7 Å². The molecule has 0 aliphatic carbocycles. The minimum Gasteiger partial charge on any atom is -0.493 e. The predicted octanol–water partition coefficient (Wildman–Crippen LogP) is 5.70. The van der Waals surface area contributed by atoms with Gasteiger partial charge in [0.25, 0.3) is 0 Å². The number of hydrogen-bond donors (Lipinski definition) is 2. The average molecular weight is 574 g/mol. The van der Waals surface area contributed by atoms with Crippen LogP contribution in [0.15, 0.2) is 66.0 Å². The van der Waals surface area contributed by atoms with Crippen LogP contribution in [-0.4, -0.2) is 60.3 Å². The molecule has 1 saturated heterocycles. The van der Waals surface area contributed by atoms with Gasteiger partial charge in [-0.3, -0.25) is 9.78 Å². The van der Waals surface area contributed by atoms with Crippen LogP contribution in [0.25, 0.3) is 10.9 Å². The van der Waals surface area contributed by atoms with Crippen molar-refractivity contribution >= 4 is 23.0 Å². The normalized spacial score (nSPS) is 14.4. The molecule has 1 amide bonds. The number of hydrazone groups is 1. The Morgan fingerprint density at radius 3 is 2.76 bits per heavy atom. The molecule has 42 heavy (non-hydrogen) atoms. The monoisotopic (exact) mass is 573 g/mol. The summed E-state index contributed by atoms with van der Waals surface area (Å²) in [5.41, 5.74) is 4.32. The van der Waals surface area contributed by atoms with Crippen molar-refractivity contribution in [2.24, 2.45) is 11.0 Å². The molecular formula is C32H36FN5O4. The van der Waals surface area contributed by atoms with E-state index in [-0.39, 0.29) is 18.1 Å². The molecule has 2 aromatic carbocycles. The number of benzene rings is 2. The predicted molar refractivity (Wildman–Crippen MR) is 160 cm³/mol. The molecular weight excluding hydrogens is 537 g/mol. The number of halogens is 1. The van der Waals surface area contributed by atoms with Gasteiger partial charge in [0.1, 0.15) is 5.75 Å². The van der Waals surface area contributed by atoms with E-state index in [2.05, 4.69) is 32.3 Å². The standard InChI is InChI=1S/C32H36FN5O4/c1-22-9-14-38(15-10-22)13-4-16-41-31-20-27-25(19-30(31)40-2)28(8-12-35-27)42-29-7-6-23(17-26(29)33)18-32(39)37-36-21-24-5-3-11-34-24/h3,5-8,11-12,17,19-22,34H,4,9-10,13-16,18H2,1-2H3,(H,37,39)/b36-21+. The van der Waals surface area contributed by atoms with E-state index in [9.17, 15) is 4.79 Å². The second-order valence-electron chi connectivity index (χ2n) is 10.5. The number of hydrogen-bond acceptors (Lipinski definition) is 7. The number of rotatable bonds is 12. The third-order valence-electron chi connectivity index (χ3n) is 7.34. The number of carbonyl (C=O) groups excluding carboxylic acids is 1. The van der Waals surface area contributed by atoms with Gasteiger partial charge in [-0.25, -0.2) is 9.82 Å². The summed E-state index contributed by atoms with van der Waals surface area (Å²) in [6.07, 6.45) is 8.26. The first kappa shape index (κ1) is 29.1. The molecule has 1 fully saturated rings. The van der Waals surface area contributed by atoms with Crippen LogP contribution >= 0.6 is 0 Å². The second-order valence-corrected chi connectivity index (χ2v) is 10.5. The lowest BCUT2D eigenvalue weighted by Crippen LogP contribution is -2.34. The molecule has 9 nitrogen and oxygen atoms in total. The number of nitrogens with one attached hydrogen (secondary N) is 2. The van der Waals surface area contributed by atoms with Crippen LogP contribution in [0.4, 0.5) is 4.39 Å². The van der Waals surface area contributed by atoms with Gasteiger partial charge in [-0.05, 0) is 80.2 Å². The summed E-state index contributed by atoms with van der Waals surface area (Å²) in [4.78, 5) is 22.1. The number of piperidine rings is 1. The van der Waals surface area contributed by atoms with Crippen molar-refractivity contribution in [2.75, 3.05) is 33.4 Å². The fraction of sp³-hybridized carbons (Fsp3) is 0.344. The smallest absolute Gasteiger partial charge is 0.244 e. The summed E-state index contributed by atoms with van der Waals surface area (Å²) in [5, 5.41) is 4.56. The summed E-state index contributed by atoms with van der Waals surface area (Å²) in [7, 11) is 1.58. The largest absolute Gasteiger partial charge is 0.493 e. The zero-order valence-corrected chi connectivity index (χ0v) is 23.9. The molecule has 10 heteroatoms. The number of nitrogens with zero attached hydrogens (tertiary/aromatic N) is 3. The fourth-order valence-electron chi connectivity index (χ4n) is 4.92. The highest BCUT2D eigenvalue weighted by molar-refractivity contribution is 5.88. The summed E-state index contributed by atoms with van der Waals surface area (Å²) in [5.74, 6) is 1.47.